The average Bonchev–Trinajstić information content (AvgIpc) is 2.65. The average molecular weight is 462 g/mol. The van der Waals surface area contributed by atoms with Crippen LogP contribution in [0.5, 0.6) is 0 Å². The van der Waals surface area contributed by atoms with Crippen molar-refractivity contribution in [3.05, 3.63) is 0 Å². The van der Waals surface area contributed by atoms with Gasteiger partial charge in [0, 0.05) is 52.4 Å². The molecule has 10 nitrogen and oxygen atoms in total. The Morgan fingerprint density at radius 3 is 2.10 bits per heavy atom. The van der Waals surface area contributed by atoms with Crippen LogP contribution in [0.4, 0.5) is 4.79 Å². The highest BCUT2D eigenvalue weighted by Crippen LogP contribution is 2.09. The summed E-state index contributed by atoms with van der Waals surface area (Å²) in [5, 5.41) is 18.5. The first-order chi connectivity index (χ1) is 14.6. The molecule has 0 spiro atoms. The van der Waals surface area contributed by atoms with Gasteiger partial charge in [-0.1, -0.05) is 0 Å². The van der Waals surface area contributed by atoms with Gasteiger partial charge in [-0.3, -0.25) is 9.69 Å². The van der Waals surface area contributed by atoms with Crippen LogP contribution in [0.25, 0.3) is 0 Å². The number of hydrogen-bond donors (Lipinski definition) is 4. The molecular formula is C20H39N5O5S. The van der Waals surface area contributed by atoms with Gasteiger partial charge in [0.1, 0.15) is 11.6 Å². The van der Waals surface area contributed by atoms with E-state index in [0.29, 0.717) is 64.5 Å². The number of nitrogens with zero attached hydrogens (tertiary/aromatic N) is 2. The van der Waals surface area contributed by atoms with E-state index in [-0.39, 0.29) is 18.5 Å². The molecule has 1 unspecified atom stereocenters. The van der Waals surface area contributed by atoms with Crippen molar-refractivity contribution in [1.29, 1.82) is 0 Å². The number of ether oxygens (including phenoxy) is 1. The number of carboxylic acids is 1. The summed E-state index contributed by atoms with van der Waals surface area (Å²) in [7, 11) is 0. The zero-order chi connectivity index (χ0) is 23.3. The highest BCUT2D eigenvalue weighted by Gasteiger charge is 2.23. The molecule has 180 valence electrons. The van der Waals surface area contributed by atoms with Crippen molar-refractivity contribution >= 4 is 29.7 Å². The van der Waals surface area contributed by atoms with E-state index in [1.54, 1.807) is 16.7 Å². The molecule has 2 amide bonds. The number of carboxylic acid groups (broad SMARTS) is 1. The second-order valence-corrected chi connectivity index (χ2v) is 9.47. The third kappa shape index (κ3) is 12.8. The maximum absolute atomic E-state index is 12.4. The van der Waals surface area contributed by atoms with Gasteiger partial charge in [0.15, 0.2) is 0 Å². The summed E-state index contributed by atoms with van der Waals surface area (Å²) < 4.78 is 5.47. The minimum atomic E-state index is -1.01. The summed E-state index contributed by atoms with van der Waals surface area (Å²) >= 11 is 1.55. The van der Waals surface area contributed by atoms with Crippen LogP contribution in [0, 0.1) is 0 Å². The fourth-order valence-electron chi connectivity index (χ4n) is 2.98. The van der Waals surface area contributed by atoms with Gasteiger partial charge >= 0.3 is 12.1 Å². The molecule has 4 N–H and O–H groups in total. The van der Waals surface area contributed by atoms with Gasteiger partial charge in [-0.25, -0.2) is 9.59 Å². The topological polar surface area (TPSA) is 123 Å². The van der Waals surface area contributed by atoms with Gasteiger partial charge in [-0.15, -0.1) is 0 Å². The molecule has 0 aromatic carbocycles. The summed E-state index contributed by atoms with van der Waals surface area (Å²) in [6.07, 6.45) is 1.99. The highest BCUT2D eigenvalue weighted by atomic mass is 32.2. The molecule has 1 saturated heterocycles. The summed E-state index contributed by atoms with van der Waals surface area (Å²) in [4.78, 5) is 39.8. The van der Waals surface area contributed by atoms with Crippen LogP contribution in [0.15, 0.2) is 0 Å². The van der Waals surface area contributed by atoms with Crippen molar-refractivity contribution in [2.45, 2.75) is 38.8 Å². The largest absolute Gasteiger partial charge is 0.480 e. The van der Waals surface area contributed by atoms with Crippen molar-refractivity contribution in [3.8, 4) is 0 Å². The van der Waals surface area contributed by atoms with Gasteiger partial charge in [0.2, 0.25) is 5.91 Å². The standard InChI is InChI=1S/C20H39N5O5S/c1-20(2,3)30-19(29)25-12-8-21-6-10-24(11-7-22-9-13-25)15-17(26)23-16(18(27)28)5-14-31-4/h16,21-22H,5-15H2,1-4H3,(H,23,26)(H,27,28). The number of amides is 2. The molecule has 0 radical (unpaired) electrons. The molecule has 1 aliphatic rings. The molecule has 0 saturated carbocycles. The van der Waals surface area contributed by atoms with Gasteiger partial charge in [-0.05, 0) is 39.2 Å². The lowest BCUT2D eigenvalue weighted by atomic mass is 10.2. The van der Waals surface area contributed by atoms with Crippen LogP contribution in [-0.2, 0) is 14.3 Å². The lowest BCUT2D eigenvalue weighted by Crippen LogP contribution is -2.49. The van der Waals surface area contributed by atoms with E-state index in [0.717, 1.165) is 0 Å². The smallest absolute Gasteiger partial charge is 0.410 e. The quantitative estimate of drug-likeness (QED) is 0.416. The van der Waals surface area contributed by atoms with E-state index >= 15 is 0 Å². The van der Waals surface area contributed by atoms with E-state index in [1.807, 2.05) is 31.9 Å². The number of thioether (sulfide) groups is 1. The van der Waals surface area contributed by atoms with Crippen LogP contribution in [0.1, 0.15) is 27.2 Å². The first-order valence-corrected chi connectivity index (χ1v) is 12.1. The Labute approximate surface area is 189 Å². The van der Waals surface area contributed by atoms with E-state index in [2.05, 4.69) is 16.0 Å². The minimum Gasteiger partial charge on any atom is -0.480 e. The summed E-state index contributed by atoms with van der Waals surface area (Å²) in [5.41, 5.74) is -0.530. The molecule has 0 aliphatic carbocycles. The van der Waals surface area contributed by atoms with E-state index in [4.69, 9.17) is 4.74 Å². The Bertz CT molecular complexity index is 559. The van der Waals surface area contributed by atoms with Crippen LogP contribution in [0.2, 0.25) is 0 Å². The van der Waals surface area contributed by atoms with E-state index in [1.165, 1.54) is 0 Å². The van der Waals surface area contributed by atoms with Gasteiger partial charge in [0.05, 0.1) is 6.54 Å². The number of carbonyl (C=O) groups is 3. The van der Waals surface area contributed by atoms with Crippen molar-refractivity contribution in [1.82, 2.24) is 25.8 Å². The highest BCUT2D eigenvalue weighted by molar-refractivity contribution is 7.98. The van der Waals surface area contributed by atoms with Gasteiger partial charge in [0.25, 0.3) is 0 Å². The lowest BCUT2D eigenvalue weighted by Gasteiger charge is -2.29. The molecule has 11 heteroatoms. The molecule has 31 heavy (non-hydrogen) atoms. The maximum atomic E-state index is 12.4. The number of carbonyl (C=O) groups excluding carboxylic acids is 2. The zero-order valence-corrected chi connectivity index (χ0v) is 20.1. The van der Waals surface area contributed by atoms with Crippen LogP contribution in [0.3, 0.4) is 0 Å². The molecule has 1 fully saturated rings. The Hall–Kier alpha value is -1.56. The molecule has 0 aromatic rings. The first kappa shape index (κ1) is 27.5. The molecule has 1 heterocycles. The maximum Gasteiger partial charge on any atom is 0.410 e. The fraction of sp³-hybridized carbons (Fsp3) is 0.850. The molecule has 1 rings (SSSR count). The van der Waals surface area contributed by atoms with Crippen LogP contribution >= 0.6 is 11.8 Å². The normalized spacial score (nSPS) is 18.4. The summed E-state index contributed by atoms with van der Waals surface area (Å²) in [6.45, 7) is 10.6. The number of hydrogen-bond acceptors (Lipinski definition) is 8. The van der Waals surface area contributed by atoms with E-state index in [9.17, 15) is 19.5 Å². The number of rotatable bonds is 7. The third-order valence-corrected chi connectivity index (χ3v) is 5.23. The second kappa shape index (κ2) is 14.5. The van der Waals surface area contributed by atoms with Crippen molar-refractivity contribution in [2.75, 3.05) is 70.9 Å². The minimum absolute atomic E-state index is 0.149. The monoisotopic (exact) mass is 461 g/mol. The Morgan fingerprint density at radius 2 is 1.61 bits per heavy atom. The van der Waals surface area contributed by atoms with Crippen molar-refractivity contribution in [2.24, 2.45) is 0 Å². The number of nitrogens with one attached hydrogen (secondary N) is 3. The van der Waals surface area contributed by atoms with Crippen LogP contribution < -0.4 is 16.0 Å². The molecule has 1 atom stereocenters. The summed E-state index contributed by atoms with van der Waals surface area (Å²) in [5.74, 6) is -0.611. The molecular weight excluding hydrogens is 422 g/mol. The van der Waals surface area contributed by atoms with Crippen molar-refractivity contribution < 1.29 is 24.2 Å². The second-order valence-electron chi connectivity index (χ2n) is 8.48. The van der Waals surface area contributed by atoms with Crippen LogP contribution in [-0.4, -0.2) is 115 Å². The third-order valence-electron chi connectivity index (χ3n) is 4.59. The Morgan fingerprint density at radius 1 is 1.06 bits per heavy atom. The molecule has 0 aromatic heterocycles. The molecule has 0 bridgehead atoms. The van der Waals surface area contributed by atoms with Gasteiger partial charge in [-0.2, -0.15) is 11.8 Å². The summed E-state index contributed by atoms with van der Waals surface area (Å²) in [6, 6.07) is -0.859. The first-order valence-electron chi connectivity index (χ1n) is 10.7. The molecule has 1 aliphatic heterocycles. The SMILES string of the molecule is CSCCC(NC(=O)CN1CCNCCN(C(=O)OC(C)(C)C)CCNCC1)C(=O)O. The van der Waals surface area contributed by atoms with Gasteiger partial charge < -0.3 is 30.7 Å². The Balaban J connectivity index is 2.51. The predicted molar refractivity (Wildman–Crippen MR) is 123 cm³/mol. The van der Waals surface area contributed by atoms with E-state index < -0.39 is 17.6 Å². The lowest BCUT2D eigenvalue weighted by molar-refractivity contribution is -0.142. The number of aliphatic carboxylic acids is 1. The predicted octanol–water partition coefficient (Wildman–Crippen LogP) is 0.0408. The fourth-order valence-corrected chi connectivity index (χ4v) is 3.45. The Kier molecular flexibility index (Phi) is 12.8. The zero-order valence-electron chi connectivity index (χ0n) is 19.2. The van der Waals surface area contributed by atoms with Crippen molar-refractivity contribution in [3.63, 3.8) is 0 Å².